The standard InChI is InChI=1S/C20H23NO3/c1-15-12-21(13-16(2)24-15)20(22)18-10-6-7-11-19(18)23-14-17-8-4-3-5-9-17/h3-11,15-16H,12-14H2,1-2H3. The number of rotatable bonds is 4. The average Bonchev–Trinajstić information content (AvgIpc) is 2.59. The summed E-state index contributed by atoms with van der Waals surface area (Å²) in [6.07, 6.45) is 0.102. The predicted molar refractivity (Wildman–Crippen MR) is 93.1 cm³/mol. The molecule has 2 aromatic carbocycles. The highest BCUT2D eigenvalue weighted by Crippen LogP contribution is 2.23. The van der Waals surface area contributed by atoms with E-state index in [1.165, 1.54) is 0 Å². The van der Waals surface area contributed by atoms with Crippen molar-refractivity contribution in [3.05, 3.63) is 65.7 Å². The van der Waals surface area contributed by atoms with Crippen LogP contribution in [0.3, 0.4) is 0 Å². The van der Waals surface area contributed by atoms with Crippen molar-refractivity contribution < 1.29 is 14.3 Å². The molecule has 4 nitrogen and oxygen atoms in total. The number of para-hydroxylation sites is 1. The van der Waals surface area contributed by atoms with Crippen molar-refractivity contribution >= 4 is 5.91 Å². The van der Waals surface area contributed by atoms with Gasteiger partial charge in [-0.2, -0.15) is 0 Å². The van der Waals surface area contributed by atoms with Gasteiger partial charge in [0, 0.05) is 13.1 Å². The third kappa shape index (κ3) is 3.95. The van der Waals surface area contributed by atoms with Gasteiger partial charge in [0.15, 0.2) is 0 Å². The van der Waals surface area contributed by atoms with Crippen molar-refractivity contribution in [2.24, 2.45) is 0 Å². The van der Waals surface area contributed by atoms with Gasteiger partial charge >= 0.3 is 0 Å². The molecule has 126 valence electrons. The molecule has 0 spiro atoms. The monoisotopic (exact) mass is 325 g/mol. The number of benzene rings is 2. The van der Waals surface area contributed by atoms with Crippen molar-refractivity contribution in [1.29, 1.82) is 0 Å². The highest BCUT2D eigenvalue weighted by molar-refractivity contribution is 5.97. The number of morpholine rings is 1. The summed E-state index contributed by atoms with van der Waals surface area (Å²) >= 11 is 0. The van der Waals surface area contributed by atoms with Crippen molar-refractivity contribution in [3.8, 4) is 5.75 Å². The van der Waals surface area contributed by atoms with Gasteiger partial charge in [-0.05, 0) is 31.5 Å². The zero-order valence-corrected chi connectivity index (χ0v) is 14.1. The minimum Gasteiger partial charge on any atom is -0.488 e. The quantitative estimate of drug-likeness (QED) is 0.863. The fraction of sp³-hybridized carbons (Fsp3) is 0.350. The lowest BCUT2D eigenvalue weighted by Crippen LogP contribution is -2.48. The van der Waals surface area contributed by atoms with E-state index in [-0.39, 0.29) is 18.1 Å². The summed E-state index contributed by atoms with van der Waals surface area (Å²) in [7, 11) is 0. The summed E-state index contributed by atoms with van der Waals surface area (Å²) < 4.78 is 11.6. The molecule has 1 aliphatic rings. The van der Waals surface area contributed by atoms with Crippen LogP contribution in [-0.2, 0) is 11.3 Å². The molecule has 2 atom stereocenters. The maximum atomic E-state index is 12.9. The number of carbonyl (C=O) groups is 1. The van der Waals surface area contributed by atoms with Crippen molar-refractivity contribution in [3.63, 3.8) is 0 Å². The molecule has 24 heavy (non-hydrogen) atoms. The van der Waals surface area contributed by atoms with Crippen LogP contribution in [0.2, 0.25) is 0 Å². The van der Waals surface area contributed by atoms with Crippen LogP contribution in [0.15, 0.2) is 54.6 Å². The summed E-state index contributed by atoms with van der Waals surface area (Å²) in [6, 6.07) is 17.4. The molecule has 1 saturated heterocycles. The maximum absolute atomic E-state index is 12.9. The van der Waals surface area contributed by atoms with Gasteiger partial charge in [-0.25, -0.2) is 0 Å². The third-order valence-electron chi connectivity index (χ3n) is 4.06. The minimum atomic E-state index is 0.000613. The smallest absolute Gasteiger partial charge is 0.257 e. The highest BCUT2D eigenvalue weighted by atomic mass is 16.5. The van der Waals surface area contributed by atoms with E-state index in [4.69, 9.17) is 9.47 Å². The van der Waals surface area contributed by atoms with Crippen LogP contribution < -0.4 is 4.74 Å². The minimum absolute atomic E-state index is 0.000613. The number of hydrogen-bond acceptors (Lipinski definition) is 3. The second kappa shape index (κ2) is 7.49. The summed E-state index contributed by atoms with van der Waals surface area (Å²) in [4.78, 5) is 14.8. The molecule has 3 rings (SSSR count). The Bertz CT molecular complexity index is 676. The molecule has 0 aromatic heterocycles. The van der Waals surface area contributed by atoms with E-state index in [0.717, 1.165) is 5.56 Å². The SMILES string of the molecule is CC1CN(C(=O)c2ccccc2OCc2ccccc2)CC(C)O1. The van der Waals surface area contributed by atoms with Crippen molar-refractivity contribution in [2.75, 3.05) is 13.1 Å². The molecule has 0 N–H and O–H groups in total. The zero-order chi connectivity index (χ0) is 16.9. The molecule has 4 heteroatoms. The van der Waals surface area contributed by atoms with Gasteiger partial charge in [0.1, 0.15) is 12.4 Å². The Labute approximate surface area is 143 Å². The number of ether oxygens (including phenoxy) is 2. The lowest BCUT2D eigenvalue weighted by atomic mass is 10.1. The van der Waals surface area contributed by atoms with Gasteiger partial charge in [0.05, 0.1) is 17.8 Å². The van der Waals surface area contributed by atoms with Crippen molar-refractivity contribution in [2.45, 2.75) is 32.7 Å². The zero-order valence-electron chi connectivity index (χ0n) is 14.1. The van der Waals surface area contributed by atoms with Gasteiger partial charge < -0.3 is 14.4 Å². The Kier molecular flexibility index (Phi) is 5.16. The van der Waals surface area contributed by atoms with E-state index in [1.54, 1.807) is 0 Å². The number of hydrogen-bond donors (Lipinski definition) is 0. The summed E-state index contributed by atoms with van der Waals surface area (Å²) in [5.74, 6) is 0.624. The maximum Gasteiger partial charge on any atom is 0.257 e. The first-order chi connectivity index (χ1) is 11.6. The topological polar surface area (TPSA) is 38.8 Å². The Morgan fingerprint density at radius 2 is 1.67 bits per heavy atom. The van der Waals surface area contributed by atoms with Crippen molar-refractivity contribution in [1.82, 2.24) is 4.90 Å². The molecular formula is C20H23NO3. The van der Waals surface area contributed by atoms with Crippen LogP contribution in [0.25, 0.3) is 0 Å². The largest absolute Gasteiger partial charge is 0.488 e. The summed E-state index contributed by atoms with van der Waals surface area (Å²) in [6.45, 7) is 5.65. The van der Waals surface area contributed by atoms with Crippen LogP contribution in [0.1, 0.15) is 29.8 Å². The van der Waals surface area contributed by atoms with Gasteiger partial charge in [-0.3, -0.25) is 4.79 Å². The third-order valence-corrected chi connectivity index (χ3v) is 4.06. The molecule has 0 bridgehead atoms. The van der Waals surface area contributed by atoms with E-state index in [1.807, 2.05) is 73.3 Å². The summed E-state index contributed by atoms with van der Waals surface area (Å²) in [5.41, 5.74) is 1.68. The number of amides is 1. The predicted octanol–water partition coefficient (Wildman–Crippen LogP) is 3.52. The molecule has 1 amide bonds. The fourth-order valence-corrected chi connectivity index (χ4v) is 3.02. The number of nitrogens with zero attached hydrogens (tertiary/aromatic N) is 1. The van der Waals surface area contributed by atoms with Crippen LogP contribution in [0.4, 0.5) is 0 Å². The first kappa shape index (κ1) is 16.5. The normalized spacial score (nSPS) is 20.7. The first-order valence-electron chi connectivity index (χ1n) is 8.34. The van der Waals surface area contributed by atoms with Gasteiger partial charge in [0.2, 0.25) is 0 Å². The molecule has 0 saturated carbocycles. The van der Waals surface area contributed by atoms with E-state index in [2.05, 4.69) is 0 Å². The lowest BCUT2D eigenvalue weighted by Gasteiger charge is -2.35. The lowest BCUT2D eigenvalue weighted by molar-refractivity contribution is -0.0586. The summed E-state index contributed by atoms with van der Waals surface area (Å²) in [5, 5.41) is 0. The van der Waals surface area contributed by atoms with E-state index < -0.39 is 0 Å². The molecule has 0 aliphatic carbocycles. The molecule has 0 radical (unpaired) electrons. The van der Waals surface area contributed by atoms with Crippen LogP contribution >= 0.6 is 0 Å². The van der Waals surface area contributed by atoms with E-state index in [0.29, 0.717) is 31.0 Å². The van der Waals surface area contributed by atoms with Gasteiger partial charge in [-0.1, -0.05) is 42.5 Å². The first-order valence-corrected chi connectivity index (χ1v) is 8.34. The molecule has 2 aromatic rings. The Morgan fingerprint density at radius 1 is 1.04 bits per heavy atom. The molecule has 1 aliphatic heterocycles. The molecule has 2 unspecified atom stereocenters. The van der Waals surface area contributed by atoms with Gasteiger partial charge in [-0.15, -0.1) is 0 Å². The Balaban J connectivity index is 1.74. The Hall–Kier alpha value is -2.33. The Morgan fingerprint density at radius 3 is 2.38 bits per heavy atom. The molecule has 1 heterocycles. The average molecular weight is 325 g/mol. The fourth-order valence-electron chi connectivity index (χ4n) is 3.02. The molecule has 1 fully saturated rings. The van der Waals surface area contributed by atoms with Crippen LogP contribution in [-0.4, -0.2) is 36.1 Å². The van der Waals surface area contributed by atoms with Crippen LogP contribution in [0.5, 0.6) is 5.75 Å². The molecular weight excluding hydrogens is 302 g/mol. The van der Waals surface area contributed by atoms with Gasteiger partial charge in [0.25, 0.3) is 5.91 Å². The highest BCUT2D eigenvalue weighted by Gasteiger charge is 2.28. The van der Waals surface area contributed by atoms with E-state index >= 15 is 0 Å². The van der Waals surface area contributed by atoms with E-state index in [9.17, 15) is 4.79 Å². The van der Waals surface area contributed by atoms with Crippen LogP contribution in [0, 0.1) is 0 Å². The second-order valence-electron chi connectivity index (χ2n) is 6.24. The number of carbonyl (C=O) groups excluding carboxylic acids is 1. The second-order valence-corrected chi connectivity index (χ2v) is 6.24.